The van der Waals surface area contributed by atoms with Crippen LogP contribution in [0.15, 0.2) is 36.5 Å². The molecular formula is C13H8ClCrNO4. The van der Waals surface area contributed by atoms with Crippen LogP contribution < -0.4 is 0 Å². The van der Waals surface area contributed by atoms with E-state index >= 15 is 0 Å². The third-order valence-electron chi connectivity index (χ3n) is 2.50. The van der Waals surface area contributed by atoms with Gasteiger partial charge >= 0.3 is 11.9 Å². The van der Waals surface area contributed by atoms with Crippen LogP contribution in [0.2, 0.25) is 5.02 Å². The van der Waals surface area contributed by atoms with E-state index in [1.54, 1.807) is 6.07 Å². The van der Waals surface area contributed by atoms with Crippen LogP contribution in [-0.4, -0.2) is 27.1 Å². The number of aromatic nitrogens is 1. The van der Waals surface area contributed by atoms with Gasteiger partial charge in [-0.2, -0.15) is 0 Å². The average molecular weight is 330 g/mol. The quantitative estimate of drug-likeness (QED) is 0.904. The molecule has 2 aromatic rings. The summed E-state index contributed by atoms with van der Waals surface area (Å²) in [5.74, 6) is -2.20. The first-order valence-electron chi connectivity index (χ1n) is 5.21. The number of aromatic carboxylic acids is 2. The molecule has 0 atom stereocenters. The summed E-state index contributed by atoms with van der Waals surface area (Å²) in [4.78, 5) is 25.7. The molecule has 0 fully saturated rings. The molecule has 0 aliphatic heterocycles. The van der Waals surface area contributed by atoms with Crippen molar-refractivity contribution in [1.29, 1.82) is 0 Å². The zero-order chi connectivity index (χ0) is 14.0. The Balaban J connectivity index is 0.00000200. The van der Waals surface area contributed by atoms with Crippen LogP contribution in [0.25, 0.3) is 11.3 Å². The Kier molecular flexibility index (Phi) is 5.28. The van der Waals surface area contributed by atoms with Crippen molar-refractivity contribution in [2.45, 2.75) is 0 Å². The number of hydrogen-bond acceptors (Lipinski definition) is 3. The summed E-state index contributed by atoms with van der Waals surface area (Å²) in [6.45, 7) is 0. The number of hydrogen-bond donors (Lipinski definition) is 2. The van der Waals surface area contributed by atoms with Crippen molar-refractivity contribution < 1.29 is 37.2 Å². The molecule has 2 N–H and O–H groups in total. The van der Waals surface area contributed by atoms with Crippen LogP contribution in [0, 0.1) is 0 Å². The Hall–Kier alpha value is -1.87. The van der Waals surface area contributed by atoms with Gasteiger partial charge in [-0.1, -0.05) is 17.7 Å². The maximum absolute atomic E-state index is 11.0. The Morgan fingerprint density at radius 2 is 1.75 bits per heavy atom. The molecule has 1 heterocycles. The number of carboxylic acid groups (broad SMARTS) is 2. The van der Waals surface area contributed by atoms with Crippen molar-refractivity contribution in [2.24, 2.45) is 0 Å². The average Bonchev–Trinajstić information content (AvgIpc) is 2.39. The minimum Gasteiger partial charge on any atom is -0.478 e. The summed E-state index contributed by atoms with van der Waals surface area (Å²) in [6, 6.07) is 7.40. The fourth-order valence-corrected chi connectivity index (χ4v) is 1.74. The Bertz CT molecular complexity index is 658. The van der Waals surface area contributed by atoms with E-state index in [9.17, 15) is 9.59 Å². The minimum absolute atomic E-state index is 0. The zero-order valence-electron chi connectivity index (χ0n) is 9.91. The number of carbonyl (C=O) groups is 2. The van der Waals surface area contributed by atoms with Gasteiger partial charge in [-0.3, -0.25) is 4.98 Å². The van der Waals surface area contributed by atoms with Crippen LogP contribution in [0.3, 0.4) is 0 Å². The van der Waals surface area contributed by atoms with Gasteiger partial charge in [0.15, 0.2) is 0 Å². The molecule has 0 unspecified atom stereocenters. The second-order valence-corrected chi connectivity index (χ2v) is 4.14. The molecule has 1 aromatic carbocycles. The standard InChI is InChI=1S/C13H8ClNO4.Cr/c14-10-3-1-7(5-9(10)13(18)19)11-4-2-8(6-15-11)12(16)17;/h1-6H,(H,16,17)(H,18,19);. The molecule has 7 heteroatoms. The summed E-state index contributed by atoms with van der Waals surface area (Å²) >= 11 is 5.77. The fraction of sp³-hybridized carbons (Fsp3) is 0. The van der Waals surface area contributed by atoms with Crippen molar-refractivity contribution in [3.63, 3.8) is 0 Å². The van der Waals surface area contributed by atoms with Crippen molar-refractivity contribution in [2.75, 3.05) is 0 Å². The summed E-state index contributed by atoms with van der Waals surface area (Å²) in [5, 5.41) is 17.9. The first-order valence-corrected chi connectivity index (χ1v) is 5.59. The van der Waals surface area contributed by atoms with Crippen LogP contribution in [0.5, 0.6) is 0 Å². The molecule has 102 valence electrons. The smallest absolute Gasteiger partial charge is 0.337 e. The summed E-state index contributed by atoms with van der Waals surface area (Å²) < 4.78 is 0. The molecule has 1 aromatic heterocycles. The number of carboxylic acids is 2. The molecule has 0 radical (unpaired) electrons. The van der Waals surface area contributed by atoms with E-state index in [1.807, 2.05) is 0 Å². The SMILES string of the molecule is O=C(O)c1ccc(-c2ccc(Cl)c(C(=O)O)c2)nc1.[Cr]. The molecule has 20 heavy (non-hydrogen) atoms. The van der Waals surface area contributed by atoms with Crippen LogP contribution in [-0.2, 0) is 17.4 Å². The van der Waals surface area contributed by atoms with Crippen molar-refractivity contribution in [3.05, 3.63) is 52.7 Å². The molecule has 2 rings (SSSR count). The van der Waals surface area contributed by atoms with Gasteiger partial charge in [-0.05, 0) is 24.3 Å². The molecule has 0 bridgehead atoms. The Morgan fingerprint density at radius 3 is 2.25 bits per heavy atom. The third-order valence-corrected chi connectivity index (χ3v) is 2.83. The largest absolute Gasteiger partial charge is 0.478 e. The molecule has 0 saturated heterocycles. The Morgan fingerprint density at radius 1 is 1.05 bits per heavy atom. The summed E-state index contributed by atoms with van der Waals surface area (Å²) in [5.41, 5.74) is 1.07. The predicted octanol–water partition coefficient (Wildman–Crippen LogP) is 2.80. The van der Waals surface area contributed by atoms with Crippen molar-refractivity contribution in [3.8, 4) is 11.3 Å². The Labute approximate surface area is 130 Å². The molecule has 5 nitrogen and oxygen atoms in total. The third kappa shape index (κ3) is 3.37. The van der Waals surface area contributed by atoms with E-state index in [1.165, 1.54) is 30.5 Å². The van der Waals surface area contributed by atoms with E-state index in [0.717, 1.165) is 0 Å². The molecular weight excluding hydrogens is 322 g/mol. The van der Waals surface area contributed by atoms with E-state index in [4.69, 9.17) is 21.8 Å². The summed E-state index contributed by atoms with van der Waals surface area (Å²) in [6.07, 6.45) is 1.21. The monoisotopic (exact) mass is 329 g/mol. The van der Waals surface area contributed by atoms with Crippen LogP contribution in [0.1, 0.15) is 20.7 Å². The summed E-state index contributed by atoms with van der Waals surface area (Å²) in [7, 11) is 0. The number of rotatable bonds is 3. The normalized spacial score (nSPS) is 9.65. The van der Waals surface area contributed by atoms with Crippen LogP contribution >= 0.6 is 11.6 Å². The van der Waals surface area contributed by atoms with Gasteiger partial charge in [-0.15, -0.1) is 0 Å². The van der Waals surface area contributed by atoms with Gasteiger partial charge in [0, 0.05) is 29.1 Å². The minimum atomic E-state index is -1.13. The zero-order valence-corrected chi connectivity index (χ0v) is 11.9. The van der Waals surface area contributed by atoms with E-state index in [0.29, 0.717) is 11.3 Å². The molecule has 0 amide bonds. The maximum atomic E-state index is 11.0. The number of nitrogens with zero attached hydrogens (tertiary/aromatic N) is 1. The maximum Gasteiger partial charge on any atom is 0.337 e. The number of halogens is 1. The second kappa shape index (κ2) is 6.53. The first-order chi connectivity index (χ1) is 8.99. The van der Waals surface area contributed by atoms with Gasteiger partial charge in [-0.25, -0.2) is 9.59 Å². The van der Waals surface area contributed by atoms with E-state index in [-0.39, 0.29) is 33.5 Å². The number of benzene rings is 1. The first kappa shape index (κ1) is 16.2. The van der Waals surface area contributed by atoms with Gasteiger partial charge in [0.05, 0.1) is 21.8 Å². The molecule has 0 aliphatic rings. The van der Waals surface area contributed by atoms with Crippen molar-refractivity contribution in [1.82, 2.24) is 4.98 Å². The van der Waals surface area contributed by atoms with E-state index < -0.39 is 11.9 Å². The number of pyridine rings is 1. The molecule has 0 spiro atoms. The molecule has 0 aliphatic carbocycles. The van der Waals surface area contributed by atoms with Gasteiger partial charge < -0.3 is 10.2 Å². The molecule has 0 saturated carbocycles. The van der Waals surface area contributed by atoms with Crippen LogP contribution in [0.4, 0.5) is 0 Å². The van der Waals surface area contributed by atoms with Crippen molar-refractivity contribution >= 4 is 23.5 Å². The second-order valence-electron chi connectivity index (χ2n) is 3.74. The fourth-order valence-electron chi connectivity index (χ4n) is 1.54. The predicted molar refractivity (Wildman–Crippen MR) is 68.6 cm³/mol. The van der Waals surface area contributed by atoms with Gasteiger partial charge in [0.25, 0.3) is 0 Å². The van der Waals surface area contributed by atoms with E-state index in [2.05, 4.69) is 4.98 Å². The van der Waals surface area contributed by atoms with Gasteiger partial charge in [0.2, 0.25) is 0 Å². The van der Waals surface area contributed by atoms with Gasteiger partial charge in [0.1, 0.15) is 0 Å². The topological polar surface area (TPSA) is 87.5 Å².